The summed E-state index contributed by atoms with van der Waals surface area (Å²) < 4.78 is 0. The van der Waals surface area contributed by atoms with Gasteiger partial charge in [0.2, 0.25) is 0 Å². The Bertz CT molecular complexity index is 254. The van der Waals surface area contributed by atoms with Crippen LogP contribution in [0.5, 0.6) is 0 Å². The van der Waals surface area contributed by atoms with Gasteiger partial charge >= 0.3 is 8.80 Å². The van der Waals surface area contributed by atoms with Gasteiger partial charge in [-0.3, -0.25) is 0 Å². The lowest BCUT2D eigenvalue weighted by atomic mass is 10.2. The molecule has 66 valence electrons. The zero-order valence-corrected chi connectivity index (χ0v) is 7.99. The van der Waals surface area contributed by atoms with Gasteiger partial charge in [-0.15, -0.1) is 11.6 Å². The van der Waals surface area contributed by atoms with E-state index < -0.39 is 8.80 Å². The number of hydrogen-bond donors (Lipinski definition) is 3. The first-order chi connectivity index (χ1) is 5.54. The van der Waals surface area contributed by atoms with Crippen LogP contribution in [0.3, 0.4) is 0 Å². The fraction of sp³-hybridized carbons (Fsp3) is 0.143. The van der Waals surface area contributed by atoms with E-state index in [-0.39, 0.29) is 5.19 Å². The molecule has 3 N–H and O–H groups in total. The average molecular weight is 205 g/mol. The van der Waals surface area contributed by atoms with Gasteiger partial charge in [0, 0.05) is 11.1 Å². The van der Waals surface area contributed by atoms with Gasteiger partial charge in [-0.1, -0.05) is 24.3 Å². The van der Waals surface area contributed by atoms with E-state index in [2.05, 4.69) is 0 Å². The van der Waals surface area contributed by atoms with Gasteiger partial charge < -0.3 is 14.4 Å². The molecule has 0 atom stereocenters. The minimum absolute atomic E-state index is 0.163. The van der Waals surface area contributed by atoms with Crippen LogP contribution in [0.25, 0.3) is 0 Å². The van der Waals surface area contributed by atoms with Crippen molar-refractivity contribution in [3.63, 3.8) is 0 Å². The third-order valence-corrected chi connectivity index (χ3v) is 2.91. The summed E-state index contributed by atoms with van der Waals surface area (Å²) in [7, 11) is -4.11. The van der Waals surface area contributed by atoms with Crippen molar-refractivity contribution < 1.29 is 14.4 Å². The predicted octanol–water partition coefficient (Wildman–Crippen LogP) is -0.452. The molecular weight excluding hydrogens is 196 g/mol. The van der Waals surface area contributed by atoms with E-state index in [1.165, 1.54) is 12.1 Å². The summed E-state index contributed by atoms with van der Waals surface area (Å²) in [6.45, 7) is 0. The fourth-order valence-electron chi connectivity index (χ4n) is 0.817. The van der Waals surface area contributed by atoms with Gasteiger partial charge in [-0.25, -0.2) is 0 Å². The van der Waals surface area contributed by atoms with Crippen LogP contribution in [0.2, 0.25) is 0 Å². The normalized spacial score (nSPS) is 11.7. The van der Waals surface area contributed by atoms with E-state index in [0.29, 0.717) is 5.88 Å². The number of halogens is 1. The van der Waals surface area contributed by atoms with Crippen molar-refractivity contribution >= 4 is 25.6 Å². The molecule has 3 nitrogen and oxygen atoms in total. The summed E-state index contributed by atoms with van der Waals surface area (Å²) in [5.74, 6) is 0.372. The van der Waals surface area contributed by atoms with Crippen LogP contribution in [0.15, 0.2) is 24.3 Å². The molecule has 0 fully saturated rings. The fourth-order valence-corrected chi connectivity index (χ4v) is 1.61. The van der Waals surface area contributed by atoms with Crippen molar-refractivity contribution in [3.05, 3.63) is 29.8 Å². The molecule has 5 heteroatoms. The first kappa shape index (κ1) is 9.69. The molecule has 0 saturated heterocycles. The molecule has 0 aliphatic heterocycles. The molecule has 0 unspecified atom stereocenters. The molecular formula is C7H9ClO3Si. The van der Waals surface area contributed by atoms with Crippen LogP contribution >= 0.6 is 11.6 Å². The largest absolute Gasteiger partial charge is 0.528 e. The van der Waals surface area contributed by atoms with Crippen molar-refractivity contribution in [1.29, 1.82) is 0 Å². The number of hydrogen-bond acceptors (Lipinski definition) is 3. The van der Waals surface area contributed by atoms with E-state index >= 15 is 0 Å². The third kappa shape index (κ3) is 2.30. The number of alkyl halides is 1. The molecule has 0 amide bonds. The second-order valence-corrected chi connectivity index (χ2v) is 4.58. The Morgan fingerprint density at radius 3 is 1.92 bits per heavy atom. The summed E-state index contributed by atoms with van der Waals surface area (Å²) in [5.41, 5.74) is 0.874. The van der Waals surface area contributed by atoms with Crippen molar-refractivity contribution in [1.82, 2.24) is 0 Å². The van der Waals surface area contributed by atoms with Crippen LogP contribution in [0, 0.1) is 0 Å². The zero-order valence-electron chi connectivity index (χ0n) is 6.24. The molecule has 1 aromatic rings. The van der Waals surface area contributed by atoms with Gasteiger partial charge in [-0.2, -0.15) is 0 Å². The first-order valence-electron chi connectivity index (χ1n) is 3.36. The Labute approximate surface area is 76.2 Å². The molecule has 0 aromatic heterocycles. The Morgan fingerprint density at radius 1 is 1.08 bits per heavy atom. The maximum atomic E-state index is 8.87. The van der Waals surface area contributed by atoms with Crippen molar-refractivity contribution in [2.75, 3.05) is 0 Å². The molecule has 0 saturated carbocycles. The van der Waals surface area contributed by atoms with Crippen LogP contribution in [0.1, 0.15) is 5.56 Å². The van der Waals surface area contributed by atoms with Crippen LogP contribution in [-0.4, -0.2) is 23.2 Å². The quantitative estimate of drug-likeness (QED) is 0.452. The van der Waals surface area contributed by atoms with E-state index in [4.69, 9.17) is 26.0 Å². The second kappa shape index (κ2) is 3.55. The highest BCUT2D eigenvalue weighted by atomic mass is 35.5. The van der Waals surface area contributed by atoms with E-state index in [0.717, 1.165) is 5.56 Å². The molecule has 1 aromatic carbocycles. The molecule has 0 spiro atoms. The molecule has 12 heavy (non-hydrogen) atoms. The van der Waals surface area contributed by atoms with E-state index in [9.17, 15) is 0 Å². The van der Waals surface area contributed by atoms with Crippen molar-refractivity contribution in [2.24, 2.45) is 0 Å². The monoisotopic (exact) mass is 204 g/mol. The summed E-state index contributed by atoms with van der Waals surface area (Å²) in [5, 5.41) is 0.163. The van der Waals surface area contributed by atoms with Gasteiger partial charge in [-0.05, 0) is 5.56 Å². The first-order valence-corrected chi connectivity index (χ1v) is 5.74. The summed E-state index contributed by atoms with van der Waals surface area (Å²) >= 11 is 5.52. The Kier molecular flexibility index (Phi) is 2.87. The SMILES string of the molecule is O[Si](O)(O)c1ccc(CCl)cc1. The highest BCUT2D eigenvalue weighted by Gasteiger charge is 2.29. The topological polar surface area (TPSA) is 60.7 Å². The molecule has 1 rings (SSSR count). The number of benzene rings is 1. The third-order valence-electron chi connectivity index (χ3n) is 1.50. The molecule has 0 heterocycles. The van der Waals surface area contributed by atoms with Crippen LogP contribution in [0.4, 0.5) is 0 Å². The standard InChI is InChI=1S/C7H9ClO3Si/c8-5-6-1-3-7(4-2-6)12(9,10)11/h1-4,9-11H,5H2. The molecule has 0 aliphatic carbocycles. The van der Waals surface area contributed by atoms with Gasteiger partial charge in [0.05, 0.1) is 0 Å². The summed E-state index contributed by atoms with van der Waals surface area (Å²) in [4.78, 5) is 26.6. The second-order valence-electron chi connectivity index (χ2n) is 2.47. The number of rotatable bonds is 2. The molecule has 0 radical (unpaired) electrons. The van der Waals surface area contributed by atoms with Crippen molar-refractivity contribution in [2.45, 2.75) is 5.88 Å². The average Bonchev–Trinajstić information content (AvgIpc) is 2.03. The van der Waals surface area contributed by atoms with E-state index in [1.54, 1.807) is 12.1 Å². The van der Waals surface area contributed by atoms with Gasteiger partial charge in [0.15, 0.2) is 0 Å². The zero-order chi connectivity index (χ0) is 9.19. The van der Waals surface area contributed by atoms with Crippen LogP contribution in [-0.2, 0) is 5.88 Å². The maximum absolute atomic E-state index is 8.87. The summed E-state index contributed by atoms with van der Waals surface area (Å²) in [6.07, 6.45) is 0. The minimum atomic E-state index is -4.11. The lowest BCUT2D eigenvalue weighted by Gasteiger charge is -2.09. The molecule has 0 aliphatic rings. The highest BCUT2D eigenvalue weighted by molar-refractivity contribution is 6.71. The minimum Gasteiger partial charge on any atom is -0.386 e. The summed E-state index contributed by atoms with van der Waals surface area (Å²) in [6, 6.07) is 6.22. The van der Waals surface area contributed by atoms with Gasteiger partial charge in [0.25, 0.3) is 0 Å². The van der Waals surface area contributed by atoms with E-state index in [1.807, 2.05) is 0 Å². The van der Waals surface area contributed by atoms with Gasteiger partial charge in [0.1, 0.15) is 0 Å². The molecule has 0 bridgehead atoms. The Hall–Kier alpha value is -0.393. The maximum Gasteiger partial charge on any atom is 0.528 e. The predicted molar refractivity (Wildman–Crippen MR) is 48.0 cm³/mol. The lowest BCUT2D eigenvalue weighted by Crippen LogP contribution is -2.48. The Balaban J connectivity index is 2.93. The highest BCUT2D eigenvalue weighted by Crippen LogP contribution is 2.02. The lowest BCUT2D eigenvalue weighted by molar-refractivity contribution is 0.250. The smallest absolute Gasteiger partial charge is 0.386 e. The van der Waals surface area contributed by atoms with Crippen LogP contribution < -0.4 is 5.19 Å². The Morgan fingerprint density at radius 2 is 1.58 bits per heavy atom. The van der Waals surface area contributed by atoms with Crippen molar-refractivity contribution in [3.8, 4) is 0 Å².